The highest BCUT2D eigenvalue weighted by atomic mass is 35.5. The monoisotopic (exact) mass is 444 g/mol. The zero-order valence-electron chi connectivity index (χ0n) is 14.1. The van der Waals surface area contributed by atoms with Crippen LogP contribution in [0.2, 0.25) is 20.1 Å². The first-order valence-electron chi connectivity index (χ1n) is 8.35. The SMILES string of the molecule is O=C(NC1CCN(C(=O)c2cc(Cl)ccc2Cl)CC1)c1ccc(Cl)c(Cl)c1. The molecule has 1 aliphatic rings. The third kappa shape index (κ3) is 4.88. The molecule has 1 heterocycles. The van der Waals surface area contributed by atoms with Gasteiger partial charge < -0.3 is 10.2 Å². The van der Waals surface area contributed by atoms with Crippen LogP contribution in [0, 0.1) is 0 Å². The predicted molar refractivity (Wildman–Crippen MR) is 109 cm³/mol. The molecule has 2 aromatic rings. The molecule has 27 heavy (non-hydrogen) atoms. The fourth-order valence-electron chi connectivity index (χ4n) is 2.96. The molecule has 8 heteroatoms. The molecule has 0 aliphatic carbocycles. The maximum atomic E-state index is 12.7. The lowest BCUT2D eigenvalue weighted by Gasteiger charge is -2.32. The number of nitrogens with zero attached hydrogens (tertiary/aromatic N) is 1. The predicted octanol–water partition coefficient (Wildman–Crippen LogP) is 5.33. The van der Waals surface area contributed by atoms with E-state index in [9.17, 15) is 9.59 Å². The fraction of sp³-hybridized carbons (Fsp3) is 0.263. The van der Waals surface area contributed by atoms with E-state index in [1.54, 1.807) is 41.3 Å². The fourth-order valence-corrected chi connectivity index (χ4v) is 3.63. The van der Waals surface area contributed by atoms with Gasteiger partial charge in [0.05, 0.1) is 20.6 Å². The van der Waals surface area contributed by atoms with E-state index in [4.69, 9.17) is 46.4 Å². The van der Waals surface area contributed by atoms with E-state index in [0.29, 0.717) is 57.1 Å². The van der Waals surface area contributed by atoms with E-state index in [1.807, 2.05) is 0 Å². The van der Waals surface area contributed by atoms with Crippen LogP contribution in [-0.2, 0) is 0 Å². The van der Waals surface area contributed by atoms with E-state index in [0.717, 1.165) is 0 Å². The molecule has 2 amide bonds. The van der Waals surface area contributed by atoms with Gasteiger partial charge in [-0.2, -0.15) is 0 Å². The van der Waals surface area contributed by atoms with Gasteiger partial charge in [0.2, 0.25) is 0 Å². The van der Waals surface area contributed by atoms with E-state index >= 15 is 0 Å². The van der Waals surface area contributed by atoms with Crippen molar-refractivity contribution in [1.29, 1.82) is 0 Å². The van der Waals surface area contributed by atoms with Crippen LogP contribution in [0.25, 0.3) is 0 Å². The summed E-state index contributed by atoms with van der Waals surface area (Å²) in [6.07, 6.45) is 1.30. The Kier molecular flexibility index (Phi) is 6.53. The Morgan fingerprint density at radius 2 is 1.56 bits per heavy atom. The molecule has 0 radical (unpaired) electrons. The molecule has 0 spiro atoms. The topological polar surface area (TPSA) is 49.4 Å². The highest BCUT2D eigenvalue weighted by Crippen LogP contribution is 2.25. The van der Waals surface area contributed by atoms with Gasteiger partial charge >= 0.3 is 0 Å². The zero-order valence-corrected chi connectivity index (χ0v) is 17.2. The summed E-state index contributed by atoms with van der Waals surface area (Å²) >= 11 is 23.9. The Balaban J connectivity index is 1.58. The first-order chi connectivity index (χ1) is 12.8. The van der Waals surface area contributed by atoms with Gasteiger partial charge in [-0.05, 0) is 49.2 Å². The average Bonchev–Trinajstić information content (AvgIpc) is 2.66. The zero-order chi connectivity index (χ0) is 19.6. The second kappa shape index (κ2) is 8.70. The number of likely N-dealkylation sites (tertiary alicyclic amines) is 1. The molecule has 1 N–H and O–H groups in total. The minimum absolute atomic E-state index is 0.0224. The number of halogens is 4. The van der Waals surface area contributed by atoms with E-state index < -0.39 is 0 Å². The molecule has 0 aromatic heterocycles. The van der Waals surface area contributed by atoms with Crippen molar-refractivity contribution >= 4 is 58.2 Å². The van der Waals surface area contributed by atoms with Gasteiger partial charge in [0.1, 0.15) is 0 Å². The van der Waals surface area contributed by atoms with Crippen molar-refractivity contribution in [1.82, 2.24) is 10.2 Å². The molecule has 0 unspecified atom stereocenters. The Morgan fingerprint density at radius 3 is 2.22 bits per heavy atom. The summed E-state index contributed by atoms with van der Waals surface area (Å²) in [4.78, 5) is 26.8. The molecule has 142 valence electrons. The number of rotatable bonds is 3. The lowest BCUT2D eigenvalue weighted by atomic mass is 10.0. The quantitative estimate of drug-likeness (QED) is 0.693. The molecular weight excluding hydrogens is 430 g/mol. The van der Waals surface area contributed by atoms with Crippen LogP contribution in [0.3, 0.4) is 0 Å². The van der Waals surface area contributed by atoms with E-state index in [-0.39, 0.29) is 17.9 Å². The number of benzene rings is 2. The van der Waals surface area contributed by atoms with Crippen molar-refractivity contribution in [3.8, 4) is 0 Å². The van der Waals surface area contributed by atoms with Gasteiger partial charge in [-0.25, -0.2) is 0 Å². The van der Waals surface area contributed by atoms with Crippen LogP contribution in [0.4, 0.5) is 0 Å². The molecule has 4 nitrogen and oxygen atoms in total. The molecule has 0 saturated carbocycles. The highest BCUT2D eigenvalue weighted by Gasteiger charge is 2.26. The lowest BCUT2D eigenvalue weighted by molar-refractivity contribution is 0.0698. The summed E-state index contributed by atoms with van der Waals surface area (Å²) in [7, 11) is 0. The summed E-state index contributed by atoms with van der Waals surface area (Å²) in [5, 5.41) is 4.55. The first-order valence-corrected chi connectivity index (χ1v) is 9.86. The minimum Gasteiger partial charge on any atom is -0.349 e. The van der Waals surface area contributed by atoms with Gasteiger partial charge in [0, 0.05) is 29.7 Å². The van der Waals surface area contributed by atoms with E-state index in [2.05, 4.69) is 5.32 Å². The van der Waals surface area contributed by atoms with Crippen LogP contribution in [0.1, 0.15) is 33.6 Å². The van der Waals surface area contributed by atoms with Crippen LogP contribution < -0.4 is 5.32 Å². The second-order valence-electron chi connectivity index (χ2n) is 6.29. The van der Waals surface area contributed by atoms with Crippen molar-refractivity contribution in [3.05, 3.63) is 67.6 Å². The summed E-state index contributed by atoms with van der Waals surface area (Å²) in [5.74, 6) is -0.368. The van der Waals surface area contributed by atoms with Crippen LogP contribution >= 0.6 is 46.4 Å². The Bertz CT molecular complexity index is 880. The highest BCUT2D eigenvalue weighted by molar-refractivity contribution is 6.42. The summed E-state index contributed by atoms with van der Waals surface area (Å²) in [5.41, 5.74) is 0.844. The molecule has 1 fully saturated rings. The van der Waals surface area contributed by atoms with Gasteiger partial charge in [0.15, 0.2) is 0 Å². The van der Waals surface area contributed by atoms with Crippen molar-refractivity contribution in [2.45, 2.75) is 18.9 Å². The number of nitrogens with one attached hydrogen (secondary N) is 1. The first kappa shape index (κ1) is 20.3. The average molecular weight is 446 g/mol. The molecule has 1 aliphatic heterocycles. The molecule has 0 atom stereocenters. The number of carbonyl (C=O) groups excluding carboxylic acids is 2. The second-order valence-corrected chi connectivity index (χ2v) is 7.95. The van der Waals surface area contributed by atoms with Crippen molar-refractivity contribution in [2.75, 3.05) is 13.1 Å². The maximum absolute atomic E-state index is 12.7. The van der Waals surface area contributed by atoms with Gasteiger partial charge in [-0.1, -0.05) is 46.4 Å². The van der Waals surface area contributed by atoms with Crippen LogP contribution in [0.15, 0.2) is 36.4 Å². The minimum atomic E-state index is -0.212. The Morgan fingerprint density at radius 1 is 0.889 bits per heavy atom. The van der Waals surface area contributed by atoms with Gasteiger partial charge in [-0.15, -0.1) is 0 Å². The summed E-state index contributed by atoms with van der Waals surface area (Å²) in [6, 6.07) is 9.57. The standard InChI is InChI=1S/C19H16Cl4N2O2/c20-12-2-4-15(21)14(10-12)19(27)25-7-5-13(6-8-25)24-18(26)11-1-3-16(22)17(23)9-11/h1-4,9-10,13H,5-8H2,(H,24,26). The molecule has 3 rings (SSSR count). The molecule has 1 saturated heterocycles. The maximum Gasteiger partial charge on any atom is 0.255 e. The summed E-state index contributed by atoms with van der Waals surface area (Å²) < 4.78 is 0. The number of amides is 2. The van der Waals surface area contributed by atoms with Crippen LogP contribution in [0.5, 0.6) is 0 Å². The number of hydrogen-bond donors (Lipinski definition) is 1. The van der Waals surface area contributed by atoms with E-state index in [1.165, 1.54) is 0 Å². The van der Waals surface area contributed by atoms with Crippen molar-refractivity contribution in [2.24, 2.45) is 0 Å². The molecule has 0 bridgehead atoms. The van der Waals surface area contributed by atoms with Gasteiger partial charge in [0.25, 0.3) is 11.8 Å². The third-order valence-corrected chi connectivity index (χ3v) is 5.76. The summed E-state index contributed by atoms with van der Waals surface area (Å²) in [6.45, 7) is 1.04. The molecular formula is C19H16Cl4N2O2. The molecule has 2 aromatic carbocycles. The normalized spacial score (nSPS) is 14.9. The Labute approximate surface area is 177 Å². The largest absolute Gasteiger partial charge is 0.349 e. The van der Waals surface area contributed by atoms with Crippen molar-refractivity contribution in [3.63, 3.8) is 0 Å². The van der Waals surface area contributed by atoms with Gasteiger partial charge in [-0.3, -0.25) is 9.59 Å². The number of hydrogen-bond acceptors (Lipinski definition) is 2. The Hall–Kier alpha value is -1.46. The third-order valence-electron chi connectivity index (χ3n) is 4.46. The lowest BCUT2D eigenvalue weighted by Crippen LogP contribution is -2.46. The van der Waals surface area contributed by atoms with Crippen molar-refractivity contribution < 1.29 is 9.59 Å². The smallest absolute Gasteiger partial charge is 0.255 e. The number of carbonyl (C=O) groups is 2. The van der Waals surface area contributed by atoms with Crippen LogP contribution in [-0.4, -0.2) is 35.8 Å². The number of piperidine rings is 1.